The van der Waals surface area contributed by atoms with Crippen LogP contribution in [0.5, 0.6) is 0 Å². The first-order valence-corrected chi connectivity index (χ1v) is 7.05. The third-order valence-electron chi connectivity index (χ3n) is 3.83. The van der Waals surface area contributed by atoms with Crippen molar-refractivity contribution in [2.24, 2.45) is 0 Å². The van der Waals surface area contributed by atoms with E-state index in [1.807, 2.05) is 14.0 Å². The predicted molar refractivity (Wildman–Crippen MR) is 84.1 cm³/mol. The average Bonchev–Trinajstić information content (AvgIpc) is 2.70. The lowest BCUT2D eigenvalue weighted by Crippen LogP contribution is -2.18. The fourth-order valence-corrected chi connectivity index (χ4v) is 2.49. The number of hydrogen-bond donors (Lipinski definition) is 0. The molecule has 2 rings (SSSR count). The van der Waals surface area contributed by atoms with E-state index < -0.39 is 0 Å². The van der Waals surface area contributed by atoms with Gasteiger partial charge in [0.15, 0.2) is 0 Å². The highest BCUT2D eigenvalue weighted by Gasteiger charge is 2.20. The fraction of sp³-hybridized carbons (Fsp3) is 0.353. The number of aromatic nitrogens is 1. The van der Waals surface area contributed by atoms with Crippen LogP contribution in [0.4, 0.5) is 4.39 Å². The highest BCUT2D eigenvalue weighted by molar-refractivity contribution is 6.03. The maximum atomic E-state index is 13.6. The van der Waals surface area contributed by atoms with Gasteiger partial charge in [0.1, 0.15) is 5.82 Å². The first-order chi connectivity index (χ1) is 9.86. The van der Waals surface area contributed by atoms with Crippen LogP contribution in [0.2, 0.25) is 0 Å². The first kappa shape index (κ1) is 15.4. The molecule has 1 aromatic heterocycles. The molecule has 0 aliphatic carbocycles. The van der Waals surface area contributed by atoms with Gasteiger partial charge in [-0.1, -0.05) is 13.5 Å². The van der Waals surface area contributed by atoms with Crippen molar-refractivity contribution in [2.45, 2.75) is 27.3 Å². The van der Waals surface area contributed by atoms with E-state index >= 15 is 0 Å². The molecule has 0 saturated heterocycles. The van der Waals surface area contributed by atoms with Crippen LogP contribution in [0.15, 0.2) is 30.4 Å². The number of halogens is 1. The molecule has 0 N–H and O–H groups in total. The molecule has 0 saturated carbocycles. The molecule has 0 aliphatic heterocycles. The molecular weight excluding hydrogens is 267 g/mol. The maximum Gasteiger partial charge on any atom is 0.257 e. The van der Waals surface area contributed by atoms with E-state index in [9.17, 15) is 9.18 Å². The normalized spacial score (nSPS) is 11.3. The number of nitrogens with zero attached hydrogens (tertiary/aromatic N) is 2. The largest absolute Gasteiger partial charge is 0.302 e. The van der Waals surface area contributed by atoms with Crippen molar-refractivity contribution in [1.29, 1.82) is 0 Å². The van der Waals surface area contributed by atoms with Crippen molar-refractivity contribution in [3.05, 3.63) is 47.4 Å². The van der Waals surface area contributed by atoms with Gasteiger partial charge in [-0.3, -0.25) is 9.36 Å². The van der Waals surface area contributed by atoms with Crippen LogP contribution in [0.3, 0.4) is 0 Å². The molecule has 0 bridgehead atoms. The minimum atomic E-state index is -0.289. The van der Waals surface area contributed by atoms with Crippen molar-refractivity contribution in [3.8, 4) is 0 Å². The van der Waals surface area contributed by atoms with Gasteiger partial charge in [-0.05, 0) is 51.2 Å². The van der Waals surface area contributed by atoms with Crippen LogP contribution >= 0.6 is 0 Å². The Morgan fingerprint density at radius 2 is 2.10 bits per heavy atom. The van der Waals surface area contributed by atoms with Gasteiger partial charge in [0.2, 0.25) is 0 Å². The number of benzene rings is 1. The molecule has 4 heteroatoms. The second kappa shape index (κ2) is 5.82. The lowest BCUT2D eigenvalue weighted by atomic mass is 10.1. The smallest absolute Gasteiger partial charge is 0.257 e. The maximum absolute atomic E-state index is 13.6. The van der Waals surface area contributed by atoms with E-state index in [1.54, 1.807) is 17.6 Å². The van der Waals surface area contributed by atoms with Crippen molar-refractivity contribution < 1.29 is 9.18 Å². The highest BCUT2D eigenvalue weighted by Crippen LogP contribution is 2.28. The molecule has 0 fully saturated rings. The summed E-state index contributed by atoms with van der Waals surface area (Å²) in [4.78, 5) is 14.5. The fourth-order valence-electron chi connectivity index (χ4n) is 2.49. The van der Waals surface area contributed by atoms with E-state index in [0.29, 0.717) is 12.1 Å². The molecule has 0 atom stereocenters. The van der Waals surface area contributed by atoms with E-state index in [4.69, 9.17) is 0 Å². The van der Waals surface area contributed by atoms with Crippen LogP contribution in [0.25, 0.3) is 10.9 Å². The monoisotopic (exact) mass is 288 g/mol. The number of carbonyl (C=O) groups is 1. The minimum absolute atomic E-state index is 0.144. The quantitative estimate of drug-likeness (QED) is 0.800. The van der Waals surface area contributed by atoms with Crippen LogP contribution in [-0.4, -0.2) is 29.0 Å². The van der Waals surface area contributed by atoms with E-state index in [0.717, 1.165) is 28.7 Å². The number of allylic oxidation sites excluding steroid dienone is 1. The zero-order valence-electron chi connectivity index (χ0n) is 13.0. The summed E-state index contributed by atoms with van der Waals surface area (Å²) in [5.74, 6) is -0.433. The molecular formula is C17H21FN2O. The molecule has 1 heterocycles. The van der Waals surface area contributed by atoms with Crippen molar-refractivity contribution >= 4 is 16.8 Å². The molecule has 1 aromatic carbocycles. The standard InChI is InChI=1S/C17H21FN2O/c1-6-19(5)10-15-12(4)20(17(21)11(2)3)16-8-7-13(18)9-14(15)16/h7-9H,2,6,10H2,1,3-5H3. The Bertz CT molecular complexity index is 715. The average molecular weight is 288 g/mol. The number of rotatable bonds is 4. The zero-order chi connectivity index (χ0) is 15.7. The van der Waals surface area contributed by atoms with Crippen LogP contribution in [0.1, 0.15) is 29.9 Å². The minimum Gasteiger partial charge on any atom is -0.302 e. The van der Waals surface area contributed by atoms with Gasteiger partial charge in [0, 0.05) is 23.2 Å². The van der Waals surface area contributed by atoms with Crippen LogP contribution < -0.4 is 0 Å². The summed E-state index contributed by atoms with van der Waals surface area (Å²) in [5, 5.41) is 0.794. The highest BCUT2D eigenvalue weighted by atomic mass is 19.1. The van der Waals surface area contributed by atoms with Crippen molar-refractivity contribution in [1.82, 2.24) is 9.47 Å². The molecule has 2 aromatic rings. The topological polar surface area (TPSA) is 25.2 Å². The van der Waals surface area contributed by atoms with Gasteiger partial charge >= 0.3 is 0 Å². The Hall–Kier alpha value is -1.94. The summed E-state index contributed by atoms with van der Waals surface area (Å²) in [6.45, 7) is 10.9. The number of carbonyl (C=O) groups excluding carboxylic acids is 1. The Morgan fingerprint density at radius 1 is 1.43 bits per heavy atom. The first-order valence-electron chi connectivity index (χ1n) is 7.05. The third-order valence-corrected chi connectivity index (χ3v) is 3.83. The van der Waals surface area contributed by atoms with Gasteiger partial charge in [0.05, 0.1) is 5.52 Å². The number of hydrogen-bond acceptors (Lipinski definition) is 2. The van der Waals surface area contributed by atoms with Crippen molar-refractivity contribution in [3.63, 3.8) is 0 Å². The summed E-state index contributed by atoms with van der Waals surface area (Å²) in [7, 11) is 2.00. The second-order valence-corrected chi connectivity index (χ2v) is 5.48. The Labute approximate surface area is 124 Å². The van der Waals surface area contributed by atoms with Gasteiger partial charge in [-0.25, -0.2) is 4.39 Å². The van der Waals surface area contributed by atoms with Gasteiger partial charge < -0.3 is 4.90 Å². The molecule has 0 spiro atoms. The van der Waals surface area contributed by atoms with E-state index in [-0.39, 0.29) is 11.7 Å². The van der Waals surface area contributed by atoms with Crippen LogP contribution in [-0.2, 0) is 6.54 Å². The molecule has 21 heavy (non-hydrogen) atoms. The van der Waals surface area contributed by atoms with Gasteiger partial charge in [-0.2, -0.15) is 0 Å². The van der Waals surface area contributed by atoms with Gasteiger partial charge in [-0.15, -0.1) is 0 Å². The Balaban J connectivity index is 2.72. The summed E-state index contributed by atoms with van der Waals surface area (Å²) < 4.78 is 15.2. The summed E-state index contributed by atoms with van der Waals surface area (Å²) in [6.07, 6.45) is 0. The van der Waals surface area contributed by atoms with Crippen LogP contribution in [0, 0.1) is 12.7 Å². The molecule has 112 valence electrons. The van der Waals surface area contributed by atoms with Crippen molar-refractivity contribution in [2.75, 3.05) is 13.6 Å². The number of fused-ring (bicyclic) bond motifs is 1. The summed E-state index contributed by atoms with van der Waals surface area (Å²) in [6, 6.07) is 4.55. The zero-order valence-corrected chi connectivity index (χ0v) is 13.0. The molecule has 0 radical (unpaired) electrons. The van der Waals surface area contributed by atoms with E-state index in [1.165, 1.54) is 12.1 Å². The summed E-state index contributed by atoms with van der Waals surface area (Å²) >= 11 is 0. The third kappa shape index (κ3) is 2.76. The molecule has 3 nitrogen and oxygen atoms in total. The lowest BCUT2D eigenvalue weighted by Gasteiger charge is -2.14. The summed E-state index contributed by atoms with van der Waals surface area (Å²) in [5.41, 5.74) is 3.04. The Kier molecular flexibility index (Phi) is 4.28. The molecule has 0 amide bonds. The molecule has 0 unspecified atom stereocenters. The Morgan fingerprint density at radius 3 is 2.67 bits per heavy atom. The lowest BCUT2D eigenvalue weighted by molar-refractivity contribution is 0.0958. The van der Waals surface area contributed by atoms with Gasteiger partial charge in [0.25, 0.3) is 5.91 Å². The SMILES string of the molecule is C=C(C)C(=O)n1c(C)c(CN(C)CC)c2cc(F)ccc21. The second-order valence-electron chi connectivity index (χ2n) is 5.48. The molecule has 0 aliphatic rings. The predicted octanol–water partition coefficient (Wildman–Crippen LogP) is 3.76. The van der Waals surface area contributed by atoms with E-state index in [2.05, 4.69) is 18.4 Å².